The first-order valence-electron chi connectivity index (χ1n) is 6.17. The van der Waals surface area contributed by atoms with Crippen molar-refractivity contribution in [3.8, 4) is 22.6 Å². The van der Waals surface area contributed by atoms with Crippen molar-refractivity contribution in [2.45, 2.75) is 6.61 Å². The molecule has 0 amide bonds. The minimum atomic E-state index is -0.261. The number of rotatable bonds is 3. The van der Waals surface area contributed by atoms with Crippen LogP contribution in [0, 0.1) is 6.07 Å². The van der Waals surface area contributed by atoms with Gasteiger partial charge in [0.1, 0.15) is 6.61 Å². The maximum absolute atomic E-state index is 11.4. The van der Waals surface area contributed by atoms with E-state index in [9.17, 15) is 4.79 Å². The first-order valence-corrected chi connectivity index (χ1v) is 6.17. The lowest BCUT2D eigenvalue weighted by atomic mass is 10.00. The van der Waals surface area contributed by atoms with Crippen molar-refractivity contribution >= 4 is 5.97 Å². The van der Waals surface area contributed by atoms with E-state index < -0.39 is 0 Å². The fourth-order valence-corrected chi connectivity index (χ4v) is 2.24. The lowest BCUT2D eigenvalue weighted by molar-refractivity contribution is 0.0535. The van der Waals surface area contributed by atoms with Crippen molar-refractivity contribution < 1.29 is 19.0 Å². The molecule has 2 aromatic rings. The largest absolute Gasteiger partial charge is 0.493 e. The van der Waals surface area contributed by atoms with Crippen LogP contribution in [-0.2, 0) is 11.3 Å². The summed E-state index contributed by atoms with van der Waals surface area (Å²) in [7, 11) is 3.16. The third-order valence-electron chi connectivity index (χ3n) is 3.29. The monoisotopic (exact) mass is 269 g/mol. The van der Waals surface area contributed by atoms with Crippen LogP contribution in [0.5, 0.6) is 11.5 Å². The van der Waals surface area contributed by atoms with Crippen LogP contribution in [0.15, 0.2) is 30.3 Å². The number of esters is 1. The smallest absolute Gasteiger partial charge is 0.338 e. The Labute approximate surface area is 116 Å². The maximum atomic E-state index is 11.4. The summed E-state index contributed by atoms with van der Waals surface area (Å²) in [5, 5.41) is 0. The molecule has 2 aromatic carbocycles. The number of benzene rings is 2. The van der Waals surface area contributed by atoms with Crippen LogP contribution in [0.25, 0.3) is 11.1 Å². The van der Waals surface area contributed by atoms with E-state index in [2.05, 4.69) is 6.07 Å². The minimum Gasteiger partial charge on any atom is -0.493 e. The summed E-state index contributed by atoms with van der Waals surface area (Å²) in [5.41, 5.74) is 3.37. The van der Waals surface area contributed by atoms with Gasteiger partial charge in [-0.3, -0.25) is 0 Å². The van der Waals surface area contributed by atoms with E-state index >= 15 is 0 Å². The van der Waals surface area contributed by atoms with Crippen molar-refractivity contribution in [2.24, 2.45) is 0 Å². The molecule has 0 aliphatic carbocycles. The maximum Gasteiger partial charge on any atom is 0.338 e. The van der Waals surface area contributed by atoms with Gasteiger partial charge >= 0.3 is 5.97 Å². The quantitative estimate of drug-likeness (QED) is 0.804. The Hall–Kier alpha value is -2.49. The molecule has 0 N–H and O–H groups in total. The van der Waals surface area contributed by atoms with Crippen molar-refractivity contribution in [3.05, 3.63) is 47.5 Å². The molecule has 0 unspecified atom stereocenters. The van der Waals surface area contributed by atoms with Crippen molar-refractivity contribution in [1.29, 1.82) is 0 Å². The van der Waals surface area contributed by atoms with Gasteiger partial charge < -0.3 is 14.2 Å². The van der Waals surface area contributed by atoms with E-state index in [1.807, 2.05) is 24.3 Å². The van der Waals surface area contributed by atoms with Gasteiger partial charge in [-0.15, -0.1) is 0 Å². The summed E-state index contributed by atoms with van der Waals surface area (Å²) in [4.78, 5) is 11.4. The van der Waals surface area contributed by atoms with Crippen LogP contribution in [0.2, 0.25) is 0 Å². The summed E-state index contributed by atoms with van der Waals surface area (Å²) in [6, 6.07) is 12.5. The van der Waals surface area contributed by atoms with Crippen LogP contribution >= 0.6 is 0 Å². The molecule has 4 nitrogen and oxygen atoms in total. The van der Waals surface area contributed by atoms with E-state index in [1.165, 1.54) is 0 Å². The number of hydrogen-bond donors (Lipinski definition) is 0. The second kappa shape index (κ2) is 4.89. The molecule has 4 heteroatoms. The molecule has 101 valence electrons. The zero-order valence-electron chi connectivity index (χ0n) is 11.2. The molecule has 1 aliphatic rings. The SMILES string of the molecule is COc1[c]c(-c2ccc3c(c2)COC3=O)ccc1OC. The molecule has 20 heavy (non-hydrogen) atoms. The number of carbonyl (C=O) groups excluding carboxylic acids is 1. The van der Waals surface area contributed by atoms with Gasteiger partial charge in [-0.05, 0) is 35.4 Å². The Morgan fingerprint density at radius 3 is 2.75 bits per heavy atom. The number of carbonyl (C=O) groups is 1. The lowest BCUT2D eigenvalue weighted by Crippen LogP contribution is -1.94. The second-order valence-electron chi connectivity index (χ2n) is 4.42. The van der Waals surface area contributed by atoms with Gasteiger partial charge in [0.15, 0.2) is 11.5 Å². The summed E-state index contributed by atoms with van der Waals surface area (Å²) >= 11 is 0. The number of methoxy groups -OCH3 is 2. The average Bonchev–Trinajstić information content (AvgIpc) is 2.87. The lowest BCUT2D eigenvalue weighted by Gasteiger charge is -2.09. The van der Waals surface area contributed by atoms with E-state index in [0.29, 0.717) is 23.7 Å². The Bertz CT molecular complexity index is 676. The molecule has 1 radical (unpaired) electrons. The van der Waals surface area contributed by atoms with Crippen LogP contribution in [0.3, 0.4) is 0 Å². The third-order valence-corrected chi connectivity index (χ3v) is 3.29. The van der Waals surface area contributed by atoms with Gasteiger partial charge in [0, 0.05) is 11.6 Å². The zero-order valence-corrected chi connectivity index (χ0v) is 11.2. The molecule has 0 saturated heterocycles. The highest BCUT2D eigenvalue weighted by atomic mass is 16.5. The van der Waals surface area contributed by atoms with Crippen molar-refractivity contribution in [1.82, 2.24) is 0 Å². The number of hydrogen-bond acceptors (Lipinski definition) is 4. The van der Waals surface area contributed by atoms with Crippen LogP contribution in [0.1, 0.15) is 15.9 Å². The predicted octanol–water partition coefficient (Wildman–Crippen LogP) is 2.84. The highest BCUT2D eigenvalue weighted by molar-refractivity contribution is 5.94. The van der Waals surface area contributed by atoms with Crippen LogP contribution in [0.4, 0.5) is 0 Å². The normalized spacial score (nSPS) is 12.8. The summed E-state index contributed by atoms with van der Waals surface area (Å²) < 4.78 is 15.4. The molecular formula is C16H13O4. The Morgan fingerprint density at radius 1 is 1.15 bits per heavy atom. The van der Waals surface area contributed by atoms with E-state index in [1.54, 1.807) is 20.3 Å². The van der Waals surface area contributed by atoms with E-state index in [4.69, 9.17) is 14.2 Å². The van der Waals surface area contributed by atoms with Gasteiger partial charge in [0.05, 0.1) is 19.8 Å². The van der Waals surface area contributed by atoms with E-state index in [-0.39, 0.29) is 5.97 Å². The van der Waals surface area contributed by atoms with Gasteiger partial charge in [0.2, 0.25) is 0 Å². The highest BCUT2D eigenvalue weighted by Gasteiger charge is 2.21. The Morgan fingerprint density at radius 2 is 2.00 bits per heavy atom. The fourth-order valence-electron chi connectivity index (χ4n) is 2.24. The molecular weight excluding hydrogens is 256 g/mol. The van der Waals surface area contributed by atoms with Gasteiger partial charge in [-0.25, -0.2) is 4.79 Å². The van der Waals surface area contributed by atoms with Crippen molar-refractivity contribution in [3.63, 3.8) is 0 Å². The minimum absolute atomic E-state index is 0.261. The summed E-state index contributed by atoms with van der Waals surface area (Å²) in [6.45, 7) is 0.329. The molecule has 1 heterocycles. The molecule has 0 bridgehead atoms. The molecule has 0 fully saturated rings. The summed E-state index contributed by atoms with van der Waals surface area (Å²) in [6.07, 6.45) is 0. The standard InChI is InChI=1S/C16H13O4/c1-18-14-6-4-11(8-15(14)19-2)10-3-5-13-12(7-10)9-20-16(13)17/h3-7H,9H2,1-2H3. The van der Waals surface area contributed by atoms with Crippen LogP contribution in [-0.4, -0.2) is 20.2 Å². The molecule has 0 saturated carbocycles. The zero-order chi connectivity index (χ0) is 14.1. The third kappa shape index (κ3) is 1.99. The molecule has 3 rings (SSSR count). The van der Waals surface area contributed by atoms with Gasteiger partial charge in [0.25, 0.3) is 0 Å². The van der Waals surface area contributed by atoms with Gasteiger partial charge in [-0.2, -0.15) is 0 Å². The number of fused-ring (bicyclic) bond motifs is 1. The molecule has 0 atom stereocenters. The Balaban J connectivity index is 2.03. The first-order chi connectivity index (χ1) is 9.72. The molecule has 0 spiro atoms. The van der Waals surface area contributed by atoms with E-state index in [0.717, 1.165) is 16.7 Å². The second-order valence-corrected chi connectivity index (χ2v) is 4.42. The van der Waals surface area contributed by atoms with Crippen molar-refractivity contribution in [2.75, 3.05) is 14.2 Å². The first kappa shape index (κ1) is 12.5. The molecule has 0 aromatic heterocycles. The number of cyclic esters (lactones) is 1. The summed E-state index contributed by atoms with van der Waals surface area (Å²) in [5.74, 6) is 0.927. The Kier molecular flexibility index (Phi) is 3.06. The van der Waals surface area contributed by atoms with Crippen LogP contribution < -0.4 is 9.47 Å². The topological polar surface area (TPSA) is 44.8 Å². The number of ether oxygens (including phenoxy) is 3. The molecule has 1 aliphatic heterocycles. The van der Waals surface area contributed by atoms with Gasteiger partial charge in [-0.1, -0.05) is 6.07 Å². The highest BCUT2D eigenvalue weighted by Crippen LogP contribution is 2.33. The predicted molar refractivity (Wildman–Crippen MR) is 72.9 cm³/mol. The average molecular weight is 269 g/mol. The fraction of sp³-hybridized carbons (Fsp3) is 0.188.